The Bertz CT molecular complexity index is 397. The van der Waals surface area contributed by atoms with Crippen LogP contribution in [0.3, 0.4) is 0 Å². The van der Waals surface area contributed by atoms with E-state index in [4.69, 9.17) is 16.7 Å². The smallest absolute Gasteiger partial charge is 0.268 e. The van der Waals surface area contributed by atoms with E-state index >= 15 is 0 Å². The maximum atomic E-state index is 11.8. The van der Waals surface area contributed by atoms with Crippen LogP contribution in [0.1, 0.15) is 36.3 Å². The van der Waals surface area contributed by atoms with Crippen LogP contribution in [-0.4, -0.2) is 28.2 Å². The molecule has 2 N–H and O–H groups in total. The number of rotatable bonds is 4. The number of hydrogen-bond acceptors (Lipinski definition) is 2. The second-order valence-electron chi connectivity index (χ2n) is 4.24. The summed E-state index contributed by atoms with van der Waals surface area (Å²) < 4.78 is 1.92. The van der Waals surface area contributed by atoms with Crippen LogP contribution in [0.5, 0.6) is 0 Å². The van der Waals surface area contributed by atoms with E-state index in [1.54, 1.807) is 19.2 Å². The van der Waals surface area contributed by atoms with Gasteiger partial charge in [-0.15, -0.1) is 0 Å². The Kier molecular flexibility index (Phi) is 3.21. The first-order valence-electron chi connectivity index (χ1n) is 5.41. The van der Waals surface area contributed by atoms with E-state index in [1.807, 2.05) is 4.57 Å². The van der Waals surface area contributed by atoms with E-state index < -0.39 is 6.10 Å². The number of halogens is 1. The summed E-state index contributed by atoms with van der Waals surface area (Å²) in [6.07, 6.45) is 3.45. The normalized spacial score (nSPS) is 17.2. The molecule has 0 radical (unpaired) electrons. The van der Waals surface area contributed by atoms with Gasteiger partial charge in [0.25, 0.3) is 5.91 Å². The molecule has 5 heteroatoms. The van der Waals surface area contributed by atoms with Crippen LogP contribution in [0, 0.1) is 0 Å². The van der Waals surface area contributed by atoms with Gasteiger partial charge in [-0.05, 0) is 25.8 Å². The lowest BCUT2D eigenvalue weighted by atomic mass is 10.3. The van der Waals surface area contributed by atoms with E-state index in [1.165, 1.54) is 0 Å². The average molecular weight is 243 g/mol. The Hall–Kier alpha value is -1.00. The van der Waals surface area contributed by atoms with Gasteiger partial charge in [0.1, 0.15) is 5.69 Å². The number of aliphatic hydroxyl groups excluding tert-OH is 1. The molecule has 1 aromatic heterocycles. The number of hydrogen-bond donors (Lipinski definition) is 2. The molecule has 0 aliphatic heterocycles. The van der Waals surface area contributed by atoms with Gasteiger partial charge in [-0.2, -0.15) is 0 Å². The van der Waals surface area contributed by atoms with Crippen LogP contribution in [0.15, 0.2) is 12.3 Å². The van der Waals surface area contributed by atoms with Crippen molar-refractivity contribution in [3.63, 3.8) is 0 Å². The van der Waals surface area contributed by atoms with Crippen molar-refractivity contribution in [3.8, 4) is 0 Å². The van der Waals surface area contributed by atoms with Crippen molar-refractivity contribution in [2.24, 2.45) is 0 Å². The molecule has 1 aliphatic carbocycles. The first kappa shape index (κ1) is 11.5. The molecular weight excluding hydrogens is 228 g/mol. The first-order chi connectivity index (χ1) is 7.58. The largest absolute Gasteiger partial charge is 0.392 e. The summed E-state index contributed by atoms with van der Waals surface area (Å²) in [6, 6.07) is 2.08. The Balaban J connectivity index is 2.09. The number of nitrogens with one attached hydrogen (secondary N) is 1. The fourth-order valence-corrected chi connectivity index (χ4v) is 1.82. The quantitative estimate of drug-likeness (QED) is 0.843. The molecule has 0 spiro atoms. The van der Waals surface area contributed by atoms with Crippen LogP contribution in [0.2, 0.25) is 5.02 Å². The molecule has 2 rings (SSSR count). The monoisotopic (exact) mass is 242 g/mol. The van der Waals surface area contributed by atoms with Gasteiger partial charge < -0.3 is 15.0 Å². The summed E-state index contributed by atoms with van der Waals surface area (Å²) in [7, 11) is 0. The molecular formula is C11H15ClN2O2. The molecule has 0 aromatic carbocycles. The highest BCUT2D eigenvalue weighted by Gasteiger charge is 2.27. The molecule has 1 saturated carbocycles. The van der Waals surface area contributed by atoms with E-state index in [9.17, 15) is 4.79 Å². The van der Waals surface area contributed by atoms with Crippen LogP contribution in [-0.2, 0) is 0 Å². The van der Waals surface area contributed by atoms with E-state index in [-0.39, 0.29) is 12.5 Å². The zero-order valence-corrected chi connectivity index (χ0v) is 9.87. The summed E-state index contributed by atoms with van der Waals surface area (Å²) in [6.45, 7) is 1.89. The summed E-state index contributed by atoms with van der Waals surface area (Å²) in [4.78, 5) is 11.8. The summed E-state index contributed by atoms with van der Waals surface area (Å²) in [5.74, 6) is -0.181. The minimum atomic E-state index is -0.538. The van der Waals surface area contributed by atoms with E-state index in [2.05, 4.69) is 5.32 Å². The third-order valence-electron chi connectivity index (χ3n) is 2.55. The number of aliphatic hydroxyl groups is 1. The van der Waals surface area contributed by atoms with Gasteiger partial charge in [0.15, 0.2) is 0 Å². The van der Waals surface area contributed by atoms with Gasteiger partial charge in [0, 0.05) is 18.8 Å². The van der Waals surface area contributed by atoms with Gasteiger partial charge >= 0.3 is 0 Å². The van der Waals surface area contributed by atoms with Gasteiger partial charge in [0.05, 0.1) is 11.1 Å². The van der Waals surface area contributed by atoms with Crippen LogP contribution in [0.4, 0.5) is 0 Å². The Morgan fingerprint density at radius 1 is 1.75 bits per heavy atom. The molecule has 1 heterocycles. The number of nitrogens with zero attached hydrogens (tertiary/aromatic N) is 1. The lowest BCUT2D eigenvalue weighted by Crippen LogP contribution is -2.31. The fraction of sp³-hybridized carbons (Fsp3) is 0.545. The zero-order valence-electron chi connectivity index (χ0n) is 9.11. The Morgan fingerprint density at radius 2 is 2.44 bits per heavy atom. The number of carbonyl (C=O) groups is 1. The first-order valence-corrected chi connectivity index (χ1v) is 5.79. The molecule has 16 heavy (non-hydrogen) atoms. The topological polar surface area (TPSA) is 54.3 Å². The average Bonchev–Trinajstić information content (AvgIpc) is 2.98. The molecule has 1 atom stereocenters. The zero-order chi connectivity index (χ0) is 11.7. The summed E-state index contributed by atoms with van der Waals surface area (Å²) >= 11 is 5.89. The molecule has 1 aromatic rings. The van der Waals surface area contributed by atoms with Crippen molar-refractivity contribution in [2.45, 2.75) is 31.9 Å². The summed E-state index contributed by atoms with van der Waals surface area (Å²) in [5.41, 5.74) is 0.577. The second kappa shape index (κ2) is 4.47. The molecule has 4 nitrogen and oxygen atoms in total. The van der Waals surface area contributed by atoms with Gasteiger partial charge in [-0.1, -0.05) is 11.6 Å². The maximum Gasteiger partial charge on any atom is 0.268 e. The highest BCUT2D eigenvalue weighted by Crippen LogP contribution is 2.37. The predicted octanol–water partition coefficient (Wildman–Crippen LogP) is 1.59. The molecule has 1 unspecified atom stereocenters. The van der Waals surface area contributed by atoms with Gasteiger partial charge in [-0.3, -0.25) is 4.79 Å². The Morgan fingerprint density at radius 3 is 3.00 bits per heavy atom. The highest BCUT2D eigenvalue weighted by molar-refractivity contribution is 6.31. The standard InChI is InChI=1S/C11H15ClN2O2/c1-7(15)5-13-11(16)10-4-8(12)6-14(10)9-2-3-9/h4,6-7,9,15H,2-3,5H2,1H3,(H,13,16). The molecule has 88 valence electrons. The SMILES string of the molecule is CC(O)CNC(=O)c1cc(Cl)cn1C1CC1. The fourth-order valence-electron chi connectivity index (χ4n) is 1.61. The van der Waals surface area contributed by atoms with Crippen molar-refractivity contribution in [1.82, 2.24) is 9.88 Å². The number of carbonyl (C=O) groups excluding carboxylic acids is 1. The van der Waals surface area contributed by atoms with Gasteiger partial charge in [0.2, 0.25) is 0 Å². The van der Waals surface area contributed by atoms with Crippen molar-refractivity contribution < 1.29 is 9.90 Å². The predicted molar refractivity (Wildman–Crippen MR) is 61.7 cm³/mol. The lowest BCUT2D eigenvalue weighted by Gasteiger charge is -2.09. The molecule has 1 aliphatic rings. The maximum absolute atomic E-state index is 11.8. The van der Waals surface area contributed by atoms with E-state index in [0.29, 0.717) is 16.8 Å². The van der Waals surface area contributed by atoms with Crippen molar-refractivity contribution in [1.29, 1.82) is 0 Å². The molecule has 1 fully saturated rings. The third-order valence-corrected chi connectivity index (χ3v) is 2.75. The highest BCUT2D eigenvalue weighted by atomic mass is 35.5. The molecule has 0 bridgehead atoms. The van der Waals surface area contributed by atoms with E-state index in [0.717, 1.165) is 12.8 Å². The van der Waals surface area contributed by atoms with Crippen LogP contribution < -0.4 is 5.32 Å². The Labute approximate surface area is 99.2 Å². The van der Waals surface area contributed by atoms with Crippen LogP contribution in [0.25, 0.3) is 0 Å². The van der Waals surface area contributed by atoms with Crippen molar-refractivity contribution in [3.05, 3.63) is 23.0 Å². The summed E-state index contributed by atoms with van der Waals surface area (Å²) in [5, 5.41) is 12.3. The number of amides is 1. The van der Waals surface area contributed by atoms with Crippen LogP contribution >= 0.6 is 11.6 Å². The number of aromatic nitrogens is 1. The second-order valence-corrected chi connectivity index (χ2v) is 4.68. The molecule has 1 amide bonds. The minimum Gasteiger partial charge on any atom is -0.392 e. The third kappa shape index (κ3) is 2.57. The molecule has 0 saturated heterocycles. The lowest BCUT2D eigenvalue weighted by molar-refractivity contribution is 0.0914. The minimum absolute atomic E-state index is 0.181. The van der Waals surface area contributed by atoms with Gasteiger partial charge in [-0.25, -0.2) is 0 Å². The van der Waals surface area contributed by atoms with Crippen molar-refractivity contribution in [2.75, 3.05) is 6.54 Å². The van der Waals surface area contributed by atoms with Crippen molar-refractivity contribution >= 4 is 17.5 Å².